The molecule has 0 saturated carbocycles. The predicted octanol–water partition coefficient (Wildman–Crippen LogP) is 18.2. The van der Waals surface area contributed by atoms with E-state index in [2.05, 4.69) is 240 Å². The molecule has 6 aromatic heterocycles. The molecular formula is C71H45N7S. The summed E-state index contributed by atoms with van der Waals surface area (Å²) in [7, 11) is 0. The van der Waals surface area contributed by atoms with Gasteiger partial charge in [-0.15, -0.1) is 11.3 Å². The fraction of sp³-hybridized carbons (Fsp3) is 0.0423. The first kappa shape index (κ1) is 44.1. The second-order valence-corrected chi connectivity index (χ2v) is 22.5. The number of nitrogens with zero attached hydrogens (tertiary/aromatic N) is 7. The zero-order valence-corrected chi connectivity index (χ0v) is 43.9. The number of benzene rings is 10. The zero-order chi connectivity index (χ0) is 52.1. The van der Waals surface area contributed by atoms with Crippen molar-refractivity contribution in [2.45, 2.75) is 19.3 Å². The van der Waals surface area contributed by atoms with E-state index in [-0.39, 0.29) is 5.41 Å². The fourth-order valence-electron chi connectivity index (χ4n) is 13.1. The summed E-state index contributed by atoms with van der Waals surface area (Å²) >= 11 is 1.81. The van der Waals surface area contributed by atoms with E-state index in [1.807, 2.05) is 35.7 Å². The lowest BCUT2D eigenvalue weighted by molar-refractivity contribution is 0.661. The minimum atomic E-state index is -0.176. The van der Waals surface area contributed by atoms with Gasteiger partial charge in [0.1, 0.15) is 0 Å². The standard InChI is InChI=1S/C71H45N7S/c1-71(2)57-26-11-6-21-47(57)53-40-55-51-25-10-15-30-62(51)78(64(55)41-58(53)71)70-74-67(42-17-4-3-5-18-42)73-68(75-70)45-20-16-19-43(37-45)44-31-33-63-54(38-44)50-24-9-14-29-61(50)77(63)69-66-52(35-36-72-69)56-39-46(32-34-65(56)79-66)76-59-27-12-7-22-48(59)49-23-8-13-28-60(49)76/h3-41H,1-2H3. The van der Waals surface area contributed by atoms with Crippen LogP contribution in [0.1, 0.15) is 25.0 Å². The van der Waals surface area contributed by atoms with Gasteiger partial charge < -0.3 is 4.57 Å². The van der Waals surface area contributed by atoms with Crippen LogP contribution in [0.3, 0.4) is 0 Å². The smallest absolute Gasteiger partial charge is 0.238 e. The minimum absolute atomic E-state index is 0.176. The second-order valence-electron chi connectivity index (χ2n) is 21.4. The Kier molecular flexibility index (Phi) is 9.22. The Labute approximate surface area is 457 Å². The van der Waals surface area contributed by atoms with E-state index in [1.54, 1.807) is 0 Å². The lowest BCUT2D eigenvalue weighted by atomic mass is 9.82. The van der Waals surface area contributed by atoms with Crippen LogP contribution in [0.5, 0.6) is 0 Å². The van der Waals surface area contributed by atoms with Crippen molar-refractivity contribution in [2.75, 3.05) is 0 Å². The quantitative estimate of drug-likeness (QED) is 0.166. The first-order valence-electron chi connectivity index (χ1n) is 26.9. The monoisotopic (exact) mass is 1030 g/mol. The number of fused-ring (bicyclic) bond motifs is 15. The maximum absolute atomic E-state index is 5.42. The number of pyridine rings is 1. The van der Waals surface area contributed by atoms with E-state index in [0.717, 1.165) is 71.3 Å². The van der Waals surface area contributed by atoms with Crippen molar-refractivity contribution in [3.05, 3.63) is 248 Å². The number of thiophene rings is 1. The summed E-state index contributed by atoms with van der Waals surface area (Å²) in [6.07, 6.45) is 1.97. The van der Waals surface area contributed by atoms with Gasteiger partial charge in [-0.1, -0.05) is 166 Å². The van der Waals surface area contributed by atoms with Gasteiger partial charge in [0.25, 0.3) is 0 Å². The van der Waals surface area contributed by atoms with Crippen molar-refractivity contribution >= 4 is 96.9 Å². The molecule has 0 saturated heterocycles. The molecule has 0 atom stereocenters. The molecule has 0 aliphatic heterocycles. The van der Waals surface area contributed by atoms with Gasteiger partial charge in [0, 0.05) is 76.2 Å². The third kappa shape index (κ3) is 6.40. The molecule has 0 amide bonds. The summed E-state index contributed by atoms with van der Waals surface area (Å²) < 4.78 is 9.38. The van der Waals surface area contributed by atoms with Crippen molar-refractivity contribution in [1.29, 1.82) is 0 Å². The molecule has 0 spiro atoms. The van der Waals surface area contributed by atoms with Crippen molar-refractivity contribution in [1.82, 2.24) is 33.6 Å². The summed E-state index contributed by atoms with van der Waals surface area (Å²) in [6, 6.07) is 83.2. The molecule has 0 bridgehead atoms. The first-order chi connectivity index (χ1) is 38.9. The van der Waals surface area contributed by atoms with Gasteiger partial charge in [-0.25, -0.2) is 9.97 Å². The normalized spacial score (nSPS) is 13.0. The van der Waals surface area contributed by atoms with Crippen LogP contribution >= 0.6 is 11.3 Å². The highest BCUT2D eigenvalue weighted by atomic mass is 32.1. The van der Waals surface area contributed by atoms with E-state index < -0.39 is 0 Å². The van der Waals surface area contributed by atoms with Crippen molar-refractivity contribution in [2.24, 2.45) is 0 Å². The van der Waals surface area contributed by atoms with Crippen LogP contribution in [0.25, 0.3) is 148 Å². The molecule has 17 rings (SSSR count). The number of rotatable bonds is 6. The van der Waals surface area contributed by atoms with E-state index in [1.165, 1.54) is 70.3 Å². The van der Waals surface area contributed by atoms with E-state index >= 15 is 0 Å². The Morgan fingerprint density at radius 2 is 0.937 bits per heavy atom. The second kappa shape index (κ2) is 16.5. The Balaban J connectivity index is 0.798. The van der Waals surface area contributed by atoms with Crippen molar-refractivity contribution < 1.29 is 0 Å². The molecule has 8 heteroatoms. The lowest BCUT2D eigenvalue weighted by Gasteiger charge is -2.21. The van der Waals surface area contributed by atoms with Crippen molar-refractivity contribution in [3.63, 3.8) is 0 Å². The maximum atomic E-state index is 5.42. The molecular weight excluding hydrogens is 983 g/mol. The molecule has 370 valence electrons. The number of para-hydroxylation sites is 4. The Hall–Kier alpha value is -10.0. The van der Waals surface area contributed by atoms with Gasteiger partial charge in [0.2, 0.25) is 5.95 Å². The maximum Gasteiger partial charge on any atom is 0.238 e. The van der Waals surface area contributed by atoms with E-state index in [4.69, 9.17) is 19.9 Å². The third-order valence-corrected chi connectivity index (χ3v) is 17.9. The predicted molar refractivity (Wildman–Crippen MR) is 327 cm³/mol. The van der Waals surface area contributed by atoms with Gasteiger partial charge in [-0.2, -0.15) is 9.97 Å². The Morgan fingerprint density at radius 3 is 1.68 bits per heavy atom. The van der Waals surface area contributed by atoms with Crippen LogP contribution in [0.15, 0.2) is 237 Å². The lowest BCUT2D eigenvalue weighted by Crippen LogP contribution is -2.15. The molecule has 7 nitrogen and oxygen atoms in total. The van der Waals surface area contributed by atoms with E-state index in [9.17, 15) is 0 Å². The Morgan fingerprint density at radius 1 is 0.354 bits per heavy atom. The van der Waals surface area contributed by atoms with Crippen LogP contribution in [-0.4, -0.2) is 33.6 Å². The SMILES string of the molecule is CC1(C)c2ccccc2-c2cc3c4ccccc4n(-c4nc(-c5ccccc5)nc(-c5cccc(-c6ccc7c(c6)c6ccccc6n7-c6nccc7c6sc6ccc(-n8c9ccccc9c9ccccc98)cc67)c5)n4)c3cc21. The topological polar surface area (TPSA) is 66.3 Å². The van der Waals surface area contributed by atoms with Gasteiger partial charge in [0.15, 0.2) is 17.5 Å². The highest BCUT2D eigenvalue weighted by molar-refractivity contribution is 7.26. The first-order valence-corrected chi connectivity index (χ1v) is 27.7. The highest BCUT2D eigenvalue weighted by Gasteiger charge is 2.36. The van der Waals surface area contributed by atoms with Gasteiger partial charge in [-0.3, -0.25) is 9.13 Å². The molecule has 1 aliphatic rings. The summed E-state index contributed by atoms with van der Waals surface area (Å²) in [5.74, 6) is 2.73. The van der Waals surface area contributed by atoms with Gasteiger partial charge >= 0.3 is 0 Å². The number of hydrogen-bond acceptors (Lipinski definition) is 5. The number of hydrogen-bond donors (Lipinski definition) is 0. The molecule has 79 heavy (non-hydrogen) atoms. The zero-order valence-electron chi connectivity index (χ0n) is 43.1. The van der Waals surface area contributed by atoms with Crippen LogP contribution in [0.4, 0.5) is 0 Å². The number of aromatic nitrogens is 7. The fourth-order valence-corrected chi connectivity index (χ4v) is 14.2. The molecule has 6 heterocycles. The van der Waals surface area contributed by atoms with Crippen LogP contribution in [-0.2, 0) is 5.41 Å². The Bertz CT molecular complexity index is 5190. The average molecular weight is 1030 g/mol. The summed E-state index contributed by atoms with van der Waals surface area (Å²) in [6.45, 7) is 4.67. The van der Waals surface area contributed by atoms with Crippen LogP contribution in [0.2, 0.25) is 0 Å². The average Bonchev–Trinajstić information content (AvgIpc) is 4.48. The van der Waals surface area contributed by atoms with Gasteiger partial charge in [0.05, 0.1) is 37.8 Å². The summed E-state index contributed by atoms with van der Waals surface area (Å²) in [5.41, 5.74) is 16.9. The molecule has 0 N–H and O–H groups in total. The van der Waals surface area contributed by atoms with Gasteiger partial charge in [-0.05, 0) is 112 Å². The molecule has 10 aromatic carbocycles. The minimum Gasteiger partial charge on any atom is -0.309 e. The summed E-state index contributed by atoms with van der Waals surface area (Å²) in [4.78, 5) is 21.2. The molecule has 0 radical (unpaired) electrons. The van der Waals surface area contributed by atoms with E-state index in [0.29, 0.717) is 17.6 Å². The summed E-state index contributed by atoms with van der Waals surface area (Å²) in [5, 5.41) is 9.59. The molecule has 0 unspecified atom stereocenters. The molecule has 1 aliphatic carbocycles. The van der Waals surface area contributed by atoms with Crippen molar-refractivity contribution in [3.8, 4) is 62.5 Å². The van der Waals surface area contributed by atoms with Crippen LogP contribution < -0.4 is 0 Å². The van der Waals surface area contributed by atoms with Crippen LogP contribution in [0, 0.1) is 0 Å². The largest absolute Gasteiger partial charge is 0.309 e. The highest BCUT2D eigenvalue weighted by Crippen LogP contribution is 2.51. The molecule has 0 fully saturated rings. The molecule has 16 aromatic rings. The third-order valence-electron chi connectivity index (χ3n) is 16.8.